The van der Waals surface area contributed by atoms with Gasteiger partial charge in [-0.25, -0.2) is 0 Å². The van der Waals surface area contributed by atoms with Gasteiger partial charge in [0, 0.05) is 0 Å². The molecule has 0 aliphatic carbocycles. The van der Waals surface area contributed by atoms with Gasteiger partial charge in [-0.3, -0.25) is 4.79 Å². The highest BCUT2D eigenvalue weighted by atomic mass is 19.4. The normalized spacial score (nSPS) is 11.8. The van der Waals surface area contributed by atoms with Crippen LogP contribution in [0.2, 0.25) is 0 Å². The van der Waals surface area contributed by atoms with Gasteiger partial charge < -0.3 is 4.42 Å². The molecule has 1 aromatic rings. The van der Waals surface area contributed by atoms with Crippen LogP contribution in [0.15, 0.2) is 10.5 Å². The Kier molecular flexibility index (Phi) is 2.19. The second-order valence-corrected chi connectivity index (χ2v) is 2.68. The third-order valence-electron chi connectivity index (χ3n) is 1.65. The second kappa shape index (κ2) is 2.90. The molecule has 0 spiro atoms. The minimum absolute atomic E-state index is 0.326. The Morgan fingerprint density at radius 1 is 1.38 bits per heavy atom. The Morgan fingerprint density at radius 2 is 1.92 bits per heavy atom. The maximum Gasteiger partial charge on any atom is 0.458 e. The Balaban J connectivity index is 3.03. The van der Waals surface area contributed by atoms with Gasteiger partial charge in [0.2, 0.25) is 0 Å². The summed E-state index contributed by atoms with van der Waals surface area (Å²) in [5.41, 5.74) is 0.535. The minimum Gasteiger partial charge on any atom is -0.458 e. The second-order valence-electron chi connectivity index (χ2n) is 2.68. The SMILES string of the molecule is Cc1cc(C(=O)C(F)(F)F)oc1C. The van der Waals surface area contributed by atoms with Crippen molar-refractivity contribution in [2.45, 2.75) is 20.0 Å². The molecular weight excluding hydrogens is 185 g/mol. The molecule has 0 unspecified atom stereocenters. The molecule has 0 radical (unpaired) electrons. The largest absolute Gasteiger partial charge is 0.458 e. The molecule has 2 nitrogen and oxygen atoms in total. The molecule has 0 aliphatic heterocycles. The summed E-state index contributed by atoms with van der Waals surface area (Å²) in [6.07, 6.45) is -4.86. The zero-order valence-corrected chi connectivity index (χ0v) is 7.03. The summed E-state index contributed by atoms with van der Waals surface area (Å²) < 4.78 is 40.2. The summed E-state index contributed by atoms with van der Waals surface area (Å²) in [6, 6.07) is 1.09. The topological polar surface area (TPSA) is 30.2 Å². The van der Waals surface area contributed by atoms with Crippen molar-refractivity contribution in [2.75, 3.05) is 0 Å². The van der Waals surface area contributed by atoms with Gasteiger partial charge in [-0.05, 0) is 25.5 Å². The highest BCUT2D eigenvalue weighted by molar-refractivity contribution is 5.98. The molecule has 0 aromatic carbocycles. The number of Topliss-reactive ketones (excluding diaryl/α,β-unsaturated/α-hetero) is 1. The number of aryl methyl sites for hydroxylation is 2. The summed E-state index contributed by atoms with van der Waals surface area (Å²) in [4.78, 5) is 10.6. The fraction of sp³-hybridized carbons (Fsp3) is 0.375. The summed E-state index contributed by atoms with van der Waals surface area (Å²) in [6.45, 7) is 3.08. The van der Waals surface area contributed by atoms with Crippen molar-refractivity contribution in [3.63, 3.8) is 0 Å². The summed E-state index contributed by atoms with van der Waals surface area (Å²) >= 11 is 0. The zero-order valence-electron chi connectivity index (χ0n) is 7.03. The van der Waals surface area contributed by atoms with Gasteiger partial charge in [-0.15, -0.1) is 0 Å². The van der Waals surface area contributed by atoms with E-state index in [-0.39, 0.29) is 0 Å². The standard InChI is InChI=1S/C8H7F3O2/c1-4-3-6(13-5(4)2)7(12)8(9,10)11/h3H,1-2H3. The predicted molar refractivity (Wildman–Crippen MR) is 38.6 cm³/mol. The smallest absolute Gasteiger partial charge is 0.458 e. The third-order valence-corrected chi connectivity index (χ3v) is 1.65. The van der Waals surface area contributed by atoms with Crippen molar-refractivity contribution in [1.82, 2.24) is 0 Å². The van der Waals surface area contributed by atoms with Crippen molar-refractivity contribution >= 4 is 5.78 Å². The van der Waals surface area contributed by atoms with Crippen LogP contribution in [-0.2, 0) is 0 Å². The number of carbonyl (C=O) groups excluding carboxylic acids is 1. The van der Waals surface area contributed by atoms with Gasteiger partial charge >= 0.3 is 12.0 Å². The molecule has 0 bridgehead atoms. The van der Waals surface area contributed by atoms with Crippen LogP contribution in [0, 0.1) is 13.8 Å². The molecule has 1 aromatic heterocycles. The van der Waals surface area contributed by atoms with E-state index in [1.165, 1.54) is 6.92 Å². The zero-order chi connectivity index (χ0) is 10.2. The van der Waals surface area contributed by atoms with Crippen molar-refractivity contribution in [2.24, 2.45) is 0 Å². The van der Waals surface area contributed by atoms with Crippen molar-refractivity contribution in [3.8, 4) is 0 Å². The van der Waals surface area contributed by atoms with Gasteiger partial charge in [0.05, 0.1) is 0 Å². The molecule has 72 valence electrons. The average Bonchev–Trinajstić information content (AvgIpc) is 2.29. The van der Waals surface area contributed by atoms with E-state index in [9.17, 15) is 18.0 Å². The molecular formula is C8H7F3O2. The first kappa shape index (κ1) is 9.83. The van der Waals surface area contributed by atoms with Crippen LogP contribution in [0.4, 0.5) is 13.2 Å². The quantitative estimate of drug-likeness (QED) is 0.640. The molecule has 0 saturated carbocycles. The van der Waals surface area contributed by atoms with Crippen LogP contribution >= 0.6 is 0 Å². The maximum atomic E-state index is 11.9. The van der Waals surface area contributed by atoms with E-state index in [1.807, 2.05) is 0 Å². The van der Waals surface area contributed by atoms with E-state index in [4.69, 9.17) is 0 Å². The molecule has 0 atom stereocenters. The van der Waals surface area contributed by atoms with Gasteiger partial charge in [0.1, 0.15) is 5.76 Å². The fourth-order valence-electron chi connectivity index (χ4n) is 0.825. The lowest BCUT2D eigenvalue weighted by atomic mass is 10.2. The molecule has 0 N–H and O–H groups in total. The maximum absolute atomic E-state index is 11.9. The van der Waals surface area contributed by atoms with E-state index >= 15 is 0 Å². The van der Waals surface area contributed by atoms with E-state index in [2.05, 4.69) is 4.42 Å². The highest BCUT2D eigenvalue weighted by Gasteiger charge is 2.41. The first-order valence-corrected chi connectivity index (χ1v) is 3.51. The lowest BCUT2D eigenvalue weighted by molar-refractivity contribution is -0.0899. The molecule has 1 heterocycles. The Morgan fingerprint density at radius 3 is 2.23 bits per heavy atom. The lowest BCUT2D eigenvalue weighted by Gasteiger charge is -2.00. The summed E-state index contributed by atoms with van der Waals surface area (Å²) in [7, 11) is 0. The third kappa shape index (κ3) is 1.91. The first-order chi connectivity index (χ1) is 5.82. The number of carbonyl (C=O) groups is 1. The van der Waals surface area contributed by atoms with Crippen LogP contribution in [-0.4, -0.2) is 12.0 Å². The van der Waals surface area contributed by atoms with Crippen molar-refractivity contribution in [3.05, 3.63) is 23.2 Å². The molecule has 5 heteroatoms. The van der Waals surface area contributed by atoms with Gasteiger partial charge in [0.15, 0.2) is 5.76 Å². The van der Waals surface area contributed by atoms with Crippen LogP contribution in [0.3, 0.4) is 0 Å². The van der Waals surface area contributed by atoms with Crippen LogP contribution < -0.4 is 0 Å². The number of alkyl halides is 3. The number of hydrogen-bond acceptors (Lipinski definition) is 2. The molecule has 1 rings (SSSR count). The number of ketones is 1. The molecule has 13 heavy (non-hydrogen) atoms. The Bertz CT molecular complexity index is 316. The van der Waals surface area contributed by atoms with Crippen molar-refractivity contribution < 1.29 is 22.4 Å². The van der Waals surface area contributed by atoms with Crippen molar-refractivity contribution in [1.29, 1.82) is 0 Å². The Hall–Kier alpha value is -1.26. The van der Waals surface area contributed by atoms with Crippen LogP contribution in [0.5, 0.6) is 0 Å². The van der Waals surface area contributed by atoms with Gasteiger partial charge in [-0.2, -0.15) is 13.2 Å². The molecule has 0 fully saturated rings. The number of hydrogen-bond donors (Lipinski definition) is 0. The Labute approximate surface area is 72.3 Å². The number of furan rings is 1. The van der Waals surface area contributed by atoms with Crippen LogP contribution in [0.1, 0.15) is 21.9 Å². The van der Waals surface area contributed by atoms with E-state index in [0.717, 1.165) is 6.07 Å². The van der Waals surface area contributed by atoms with E-state index in [0.29, 0.717) is 11.3 Å². The van der Waals surface area contributed by atoms with Gasteiger partial charge in [0.25, 0.3) is 0 Å². The monoisotopic (exact) mass is 192 g/mol. The van der Waals surface area contributed by atoms with E-state index < -0.39 is 17.7 Å². The molecule has 0 aliphatic rings. The summed E-state index contributed by atoms with van der Waals surface area (Å²) in [5, 5.41) is 0. The number of rotatable bonds is 1. The molecule has 0 amide bonds. The first-order valence-electron chi connectivity index (χ1n) is 3.51. The number of halogens is 3. The van der Waals surface area contributed by atoms with Crippen LogP contribution in [0.25, 0.3) is 0 Å². The summed E-state index contributed by atoms with van der Waals surface area (Å²) in [5.74, 6) is -2.26. The predicted octanol–water partition coefficient (Wildman–Crippen LogP) is 2.64. The fourth-order valence-corrected chi connectivity index (χ4v) is 0.825. The molecule has 0 saturated heterocycles. The lowest BCUT2D eigenvalue weighted by Crippen LogP contribution is -2.22. The van der Waals surface area contributed by atoms with Gasteiger partial charge in [-0.1, -0.05) is 0 Å². The van der Waals surface area contributed by atoms with E-state index in [1.54, 1.807) is 6.92 Å². The minimum atomic E-state index is -4.86. The highest BCUT2D eigenvalue weighted by Crippen LogP contribution is 2.24. The average molecular weight is 192 g/mol.